The Kier molecular flexibility index (Phi) is 6.81. The fraction of sp³-hybridized carbons (Fsp3) is 0.500. The van der Waals surface area contributed by atoms with Crippen molar-refractivity contribution in [3.8, 4) is 0 Å². The lowest BCUT2D eigenvalue weighted by atomic mass is 9.96. The topological polar surface area (TPSA) is 54.4 Å². The minimum atomic E-state index is -4.18. The normalized spacial score (nSPS) is 12.0. The van der Waals surface area contributed by atoms with Crippen molar-refractivity contribution in [1.82, 2.24) is 0 Å². The van der Waals surface area contributed by atoms with E-state index in [4.69, 9.17) is 0 Å². The molecule has 0 amide bonds. The fourth-order valence-corrected chi connectivity index (χ4v) is 3.67. The Bertz CT molecular complexity index is 779. The zero-order chi connectivity index (χ0) is 17.6. The van der Waals surface area contributed by atoms with Crippen LogP contribution in [0.2, 0.25) is 0 Å². The SMILES string of the molecule is CCCCCc1ccc2cc(S(=O)(=O)O)cc(CCCCC)c2c1. The van der Waals surface area contributed by atoms with Crippen molar-refractivity contribution >= 4 is 20.9 Å². The van der Waals surface area contributed by atoms with Crippen LogP contribution in [0, 0.1) is 0 Å². The maximum atomic E-state index is 11.6. The number of hydrogen-bond donors (Lipinski definition) is 1. The van der Waals surface area contributed by atoms with Gasteiger partial charge in [-0.25, -0.2) is 0 Å². The molecule has 0 aliphatic heterocycles. The number of benzene rings is 2. The predicted molar refractivity (Wildman–Crippen MR) is 100 cm³/mol. The molecule has 3 nitrogen and oxygen atoms in total. The van der Waals surface area contributed by atoms with Gasteiger partial charge in [-0.3, -0.25) is 4.55 Å². The molecule has 0 bridgehead atoms. The summed E-state index contributed by atoms with van der Waals surface area (Å²) in [5, 5.41) is 2.00. The molecular weight excluding hydrogens is 320 g/mol. The Morgan fingerprint density at radius 1 is 0.875 bits per heavy atom. The van der Waals surface area contributed by atoms with Crippen LogP contribution in [0.25, 0.3) is 10.8 Å². The summed E-state index contributed by atoms with van der Waals surface area (Å²) in [4.78, 5) is 0.000214. The summed E-state index contributed by atoms with van der Waals surface area (Å²) in [6, 6.07) is 9.46. The van der Waals surface area contributed by atoms with E-state index in [2.05, 4.69) is 26.0 Å². The van der Waals surface area contributed by atoms with Gasteiger partial charge in [0.2, 0.25) is 0 Å². The number of hydrogen-bond acceptors (Lipinski definition) is 2. The minimum absolute atomic E-state index is 0.000214. The van der Waals surface area contributed by atoms with Gasteiger partial charge < -0.3 is 0 Å². The van der Waals surface area contributed by atoms with E-state index in [1.165, 1.54) is 24.8 Å². The van der Waals surface area contributed by atoms with Crippen molar-refractivity contribution in [2.24, 2.45) is 0 Å². The van der Waals surface area contributed by atoms with E-state index in [9.17, 15) is 13.0 Å². The summed E-state index contributed by atoms with van der Waals surface area (Å²) in [6.07, 6.45) is 8.77. The van der Waals surface area contributed by atoms with Gasteiger partial charge in [-0.1, -0.05) is 57.7 Å². The largest absolute Gasteiger partial charge is 0.294 e. The number of rotatable bonds is 9. The van der Waals surface area contributed by atoms with Crippen molar-refractivity contribution in [2.45, 2.75) is 70.1 Å². The van der Waals surface area contributed by atoms with Gasteiger partial charge >= 0.3 is 0 Å². The first-order chi connectivity index (χ1) is 11.5. The van der Waals surface area contributed by atoms with Crippen LogP contribution in [0.1, 0.15) is 63.5 Å². The quantitative estimate of drug-likeness (QED) is 0.477. The first kappa shape index (κ1) is 18.9. The molecule has 4 heteroatoms. The van der Waals surface area contributed by atoms with Crippen LogP contribution in [-0.2, 0) is 23.0 Å². The maximum Gasteiger partial charge on any atom is 0.294 e. The summed E-state index contributed by atoms with van der Waals surface area (Å²) >= 11 is 0. The summed E-state index contributed by atoms with van der Waals surface area (Å²) in [7, 11) is -4.18. The molecule has 0 aliphatic rings. The Hall–Kier alpha value is -1.39. The van der Waals surface area contributed by atoms with E-state index >= 15 is 0 Å². The summed E-state index contributed by atoms with van der Waals surface area (Å²) in [5.74, 6) is 0. The van der Waals surface area contributed by atoms with Crippen molar-refractivity contribution < 1.29 is 13.0 Å². The fourth-order valence-electron chi connectivity index (χ4n) is 3.11. The lowest BCUT2D eigenvalue weighted by Crippen LogP contribution is -2.01. The zero-order valence-corrected chi connectivity index (χ0v) is 15.5. The molecule has 132 valence electrons. The number of aryl methyl sites for hydroxylation is 2. The summed E-state index contributed by atoms with van der Waals surface area (Å²) in [6.45, 7) is 4.35. The molecule has 0 atom stereocenters. The lowest BCUT2D eigenvalue weighted by Gasteiger charge is -2.11. The third kappa shape index (κ3) is 5.05. The van der Waals surface area contributed by atoms with E-state index in [1.54, 1.807) is 12.1 Å². The maximum absolute atomic E-state index is 11.6. The second-order valence-corrected chi connectivity index (χ2v) is 7.95. The average molecular weight is 349 g/mol. The van der Waals surface area contributed by atoms with Gasteiger partial charge in [-0.05, 0) is 59.7 Å². The van der Waals surface area contributed by atoms with Crippen LogP contribution >= 0.6 is 0 Å². The molecule has 0 fully saturated rings. The lowest BCUT2D eigenvalue weighted by molar-refractivity contribution is 0.483. The molecular formula is C20H28O3S. The van der Waals surface area contributed by atoms with Crippen LogP contribution < -0.4 is 0 Å². The van der Waals surface area contributed by atoms with E-state index in [1.807, 2.05) is 6.07 Å². The second-order valence-electron chi connectivity index (χ2n) is 6.53. The standard InChI is InChI=1S/C20H28O3S/c1-3-5-7-9-16-11-12-18-15-19(24(21,22)23)14-17(20(18)13-16)10-8-6-4-2/h11-15H,3-10H2,1-2H3,(H,21,22,23). The molecule has 0 saturated carbocycles. The Morgan fingerprint density at radius 2 is 1.54 bits per heavy atom. The van der Waals surface area contributed by atoms with Crippen LogP contribution in [-0.4, -0.2) is 13.0 Å². The van der Waals surface area contributed by atoms with Gasteiger partial charge in [0.05, 0.1) is 4.90 Å². The zero-order valence-electron chi connectivity index (χ0n) is 14.7. The molecule has 2 aromatic carbocycles. The van der Waals surface area contributed by atoms with E-state index in [0.717, 1.165) is 48.4 Å². The van der Waals surface area contributed by atoms with Crippen molar-refractivity contribution in [1.29, 1.82) is 0 Å². The predicted octanol–water partition coefficient (Wildman–Crippen LogP) is 5.55. The number of unbranched alkanes of at least 4 members (excludes halogenated alkanes) is 4. The molecule has 1 N–H and O–H groups in total. The molecule has 0 heterocycles. The van der Waals surface area contributed by atoms with E-state index in [0.29, 0.717) is 0 Å². The van der Waals surface area contributed by atoms with Gasteiger partial charge in [-0.2, -0.15) is 8.42 Å². The monoisotopic (exact) mass is 348 g/mol. The van der Waals surface area contributed by atoms with Crippen LogP contribution in [0.5, 0.6) is 0 Å². The third-order valence-corrected chi connectivity index (χ3v) is 5.33. The first-order valence-electron chi connectivity index (χ1n) is 8.98. The highest BCUT2D eigenvalue weighted by molar-refractivity contribution is 7.85. The number of fused-ring (bicyclic) bond motifs is 1. The molecule has 0 radical (unpaired) electrons. The molecule has 2 rings (SSSR count). The Balaban J connectivity index is 2.42. The van der Waals surface area contributed by atoms with Crippen LogP contribution in [0.15, 0.2) is 35.2 Å². The van der Waals surface area contributed by atoms with Crippen LogP contribution in [0.4, 0.5) is 0 Å². The smallest absolute Gasteiger partial charge is 0.282 e. The molecule has 0 spiro atoms. The highest BCUT2D eigenvalue weighted by atomic mass is 32.2. The third-order valence-electron chi connectivity index (χ3n) is 4.49. The van der Waals surface area contributed by atoms with Crippen LogP contribution in [0.3, 0.4) is 0 Å². The molecule has 0 unspecified atom stereocenters. The molecule has 0 aliphatic carbocycles. The Labute approximate surface area is 145 Å². The molecule has 0 aromatic heterocycles. The van der Waals surface area contributed by atoms with Gasteiger partial charge in [0.15, 0.2) is 0 Å². The molecule has 2 aromatic rings. The summed E-state index contributed by atoms with van der Waals surface area (Å²) < 4.78 is 32.5. The van der Waals surface area contributed by atoms with Crippen molar-refractivity contribution in [2.75, 3.05) is 0 Å². The minimum Gasteiger partial charge on any atom is -0.282 e. The van der Waals surface area contributed by atoms with Gasteiger partial charge in [0.25, 0.3) is 10.1 Å². The average Bonchev–Trinajstić information content (AvgIpc) is 2.54. The van der Waals surface area contributed by atoms with E-state index in [-0.39, 0.29) is 4.90 Å². The van der Waals surface area contributed by atoms with Crippen molar-refractivity contribution in [3.63, 3.8) is 0 Å². The van der Waals surface area contributed by atoms with Crippen molar-refractivity contribution in [3.05, 3.63) is 41.5 Å². The van der Waals surface area contributed by atoms with Gasteiger partial charge in [-0.15, -0.1) is 0 Å². The highest BCUT2D eigenvalue weighted by Gasteiger charge is 2.14. The highest BCUT2D eigenvalue weighted by Crippen LogP contribution is 2.27. The first-order valence-corrected chi connectivity index (χ1v) is 10.4. The molecule has 0 saturated heterocycles. The second kappa shape index (κ2) is 8.63. The van der Waals surface area contributed by atoms with Gasteiger partial charge in [0.1, 0.15) is 0 Å². The summed E-state index contributed by atoms with van der Waals surface area (Å²) in [5.41, 5.74) is 2.32. The van der Waals surface area contributed by atoms with E-state index < -0.39 is 10.1 Å². The molecule has 24 heavy (non-hydrogen) atoms. The van der Waals surface area contributed by atoms with Gasteiger partial charge in [0, 0.05) is 0 Å². The Morgan fingerprint density at radius 3 is 2.17 bits per heavy atom.